The normalized spacial score (nSPS) is 10.7. The first-order valence-electron chi connectivity index (χ1n) is 3.47. The van der Waals surface area contributed by atoms with E-state index in [0.717, 1.165) is 6.08 Å². The third kappa shape index (κ3) is 3.60. The monoisotopic (exact) mass is 172 g/mol. The van der Waals surface area contributed by atoms with Gasteiger partial charge in [-0.3, -0.25) is 4.79 Å². The van der Waals surface area contributed by atoms with Crippen molar-refractivity contribution in [2.45, 2.75) is 6.92 Å². The maximum atomic E-state index is 10.7. The Labute approximate surface area is 70.6 Å². The molecule has 0 bridgehead atoms. The summed E-state index contributed by atoms with van der Waals surface area (Å²) >= 11 is 0. The molecule has 12 heavy (non-hydrogen) atoms. The fraction of sp³-hybridized carbons (Fsp3) is 0.429. The second-order valence-corrected chi connectivity index (χ2v) is 1.93. The number of rotatable bonds is 3. The minimum absolute atomic E-state index is 0.157. The molecule has 0 heterocycles. The number of carbonyl (C=O) groups excluding carboxylic acids is 2. The van der Waals surface area contributed by atoms with Crippen molar-refractivity contribution in [3.05, 3.63) is 11.8 Å². The largest absolute Gasteiger partial charge is 0.463 e. The maximum absolute atomic E-state index is 10.7. The minimum atomic E-state index is -0.612. The van der Waals surface area contributed by atoms with Gasteiger partial charge in [0.1, 0.15) is 5.70 Å². The van der Waals surface area contributed by atoms with E-state index in [1.807, 2.05) is 0 Å². The first-order chi connectivity index (χ1) is 5.61. The van der Waals surface area contributed by atoms with Crippen LogP contribution >= 0.6 is 0 Å². The van der Waals surface area contributed by atoms with Crippen LogP contribution in [0.4, 0.5) is 0 Å². The predicted molar refractivity (Wildman–Crippen MR) is 43.0 cm³/mol. The summed E-state index contributed by atoms with van der Waals surface area (Å²) in [7, 11) is 1.42. The van der Waals surface area contributed by atoms with Crippen molar-refractivity contribution in [3.8, 4) is 0 Å². The van der Waals surface area contributed by atoms with E-state index in [0.29, 0.717) is 0 Å². The van der Waals surface area contributed by atoms with Gasteiger partial charge in [-0.2, -0.15) is 0 Å². The summed E-state index contributed by atoms with van der Waals surface area (Å²) in [6.45, 7) is 1.93. The lowest BCUT2D eigenvalue weighted by Gasteiger charge is -1.99. The Morgan fingerprint density at radius 2 is 2.17 bits per heavy atom. The highest BCUT2D eigenvalue weighted by molar-refractivity contribution is 5.98. The maximum Gasteiger partial charge on any atom is 0.333 e. The van der Waals surface area contributed by atoms with Gasteiger partial charge in [0.15, 0.2) is 0 Å². The van der Waals surface area contributed by atoms with E-state index in [-0.39, 0.29) is 12.3 Å². The standard InChI is InChI=1S/C7H12N2O3/c1-3-12-6(10)4-5(8)7(11)9-2/h4H,3,8H2,1-2H3,(H,9,11). The van der Waals surface area contributed by atoms with Crippen LogP contribution in [0.25, 0.3) is 0 Å². The Bertz CT molecular complexity index is 211. The lowest BCUT2D eigenvalue weighted by Crippen LogP contribution is -2.25. The van der Waals surface area contributed by atoms with E-state index in [1.54, 1.807) is 6.92 Å². The average molecular weight is 172 g/mol. The van der Waals surface area contributed by atoms with Crippen LogP contribution in [0.5, 0.6) is 0 Å². The van der Waals surface area contributed by atoms with Gasteiger partial charge in [0.2, 0.25) is 0 Å². The molecule has 0 saturated carbocycles. The number of esters is 1. The molecule has 0 saturated heterocycles. The SMILES string of the molecule is CCOC(=O)C=C(N)C(=O)NC. The summed E-state index contributed by atoms with van der Waals surface area (Å²) in [6.07, 6.45) is 0.947. The third-order valence-electron chi connectivity index (χ3n) is 1.05. The Morgan fingerprint density at radius 3 is 2.58 bits per heavy atom. The lowest BCUT2D eigenvalue weighted by molar-refractivity contribution is -0.137. The van der Waals surface area contributed by atoms with Crippen LogP contribution in [0.2, 0.25) is 0 Å². The number of carbonyl (C=O) groups is 2. The van der Waals surface area contributed by atoms with Crippen LogP contribution in [0.15, 0.2) is 11.8 Å². The molecule has 0 fully saturated rings. The van der Waals surface area contributed by atoms with Crippen LogP contribution in [-0.2, 0) is 14.3 Å². The van der Waals surface area contributed by atoms with Gasteiger partial charge in [0.05, 0.1) is 12.7 Å². The van der Waals surface area contributed by atoms with Gasteiger partial charge < -0.3 is 15.8 Å². The van der Waals surface area contributed by atoms with Crippen LogP contribution in [0.3, 0.4) is 0 Å². The molecule has 68 valence electrons. The first-order valence-corrected chi connectivity index (χ1v) is 3.47. The van der Waals surface area contributed by atoms with Crippen molar-refractivity contribution in [2.75, 3.05) is 13.7 Å². The summed E-state index contributed by atoms with van der Waals surface area (Å²) < 4.78 is 4.53. The molecule has 0 aromatic heterocycles. The van der Waals surface area contributed by atoms with Gasteiger partial charge in [-0.1, -0.05) is 0 Å². The zero-order valence-electron chi connectivity index (χ0n) is 7.09. The number of ether oxygens (including phenoxy) is 1. The average Bonchev–Trinajstić information content (AvgIpc) is 2.03. The van der Waals surface area contributed by atoms with Crippen molar-refractivity contribution < 1.29 is 14.3 Å². The van der Waals surface area contributed by atoms with E-state index >= 15 is 0 Å². The number of hydrogen-bond donors (Lipinski definition) is 2. The highest BCUT2D eigenvalue weighted by Gasteiger charge is 2.04. The number of amides is 1. The fourth-order valence-corrected chi connectivity index (χ4v) is 0.521. The molecule has 0 aromatic rings. The molecule has 1 amide bonds. The van der Waals surface area contributed by atoms with E-state index < -0.39 is 11.9 Å². The highest BCUT2D eigenvalue weighted by Crippen LogP contribution is 1.86. The summed E-state index contributed by atoms with van der Waals surface area (Å²) in [4.78, 5) is 21.5. The Kier molecular flexibility index (Phi) is 4.52. The van der Waals surface area contributed by atoms with Gasteiger partial charge in [-0.05, 0) is 6.92 Å². The van der Waals surface area contributed by atoms with Crippen LogP contribution < -0.4 is 11.1 Å². The van der Waals surface area contributed by atoms with Crippen molar-refractivity contribution in [1.29, 1.82) is 0 Å². The summed E-state index contributed by atoms with van der Waals surface area (Å²) in [6, 6.07) is 0. The zero-order chi connectivity index (χ0) is 9.56. The van der Waals surface area contributed by atoms with E-state index in [4.69, 9.17) is 5.73 Å². The predicted octanol–water partition coefficient (Wildman–Crippen LogP) is -0.862. The molecule has 5 nitrogen and oxygen atoms in total. The second kappa shape index (κ2) is 5.17. The molecule has 3 N–H and O–H groups in total. The number of likely N-dealkylation sites (N-methyl/N-ethyl adjacent to an activating group) is 1. The van der Waals surface area contributed by atoms with Crippen LogP contribution in [0.1, 0.15) is 6.92 Å². The van der Waals surface area contributed by atoms with Crippen molar-refractivity contribution >= 4 is 11.9 Å². The quantitative estimate of drug-likeness (QED) is 0.428. The molecule has 0 rings (SSSR count). The van der Waals surface area contributed by atoms with Crippen LogP contribution in [-0.4, -0.2) is 25.5 Å². The highest BCUT2D eigenvalue weighted by atomic mass is 16.5. The molecule has 0 aliphatic rings. The molecule has 0 unspecified atom stereocenters. The number of nitrogens with two attached hydrogens (primary N) is 1. The number of nitrogens with one attached hydrogen (secondary N) is 1. The van der Waals surface area contributed by atoms with Gasteiger partial charge in [0, 0.05) is 7.05 Å². The van der Waals surface area contributed by atoms with Crippen LogP contribution in [0, 0.1) is 0 Å². The molecule has 0 atom stereocenters. The third-order valence-corrected chi connectivity index (χ3v) is 1.05. The van der Waals surface area contributed by atoms with Gasteiger partial charge in [0.25, 0.3) is 5.91 Å². The van der Waals surface area contributed by atoms with E-state index in [1.165, 1.54) is 7.05 Å². The van der Waals surface area contributed by atoms with Gasteiger partial charge >= 0.3 is 5.97 Å². The lowest BCUT2D eigenvalue weighted by atomic mass is 10.4. The van der Waals surface area contributed by atoms with Crippen molar-refractivity contribution in [3.63, 3.8) is 0 Å². The first kappa shape index (κ1) is 10.5. The number of hydrogen-bond acceptors (Lipinski definition) is 4. The Hall–Kier alpha value is -1.52. The second-order valence-electron chi connectivity index (χ2n) is 1.93. The zero-order valence-corrected chi connectivity index (χ0v) is 7.09. The molecule has 5 heteroatoms. The van der Waals surface area contributed by atoms with E-state index in [2.05, 4.69) is 10.1 Å². The van der Waals surface area contributed by atoms with Crippen molar-refractivity contribution in [2.24, 2.45) is 5.73 Å². The smallest absolute Gasteiger partial charge is 0.333 e. The van der Waals surface area contributed by atoms with Gasteiger partial charge in [-0.25, -0.2) is 4.79 Å². The summed E-state index contributed by atoms with van der Waals surface area (Å²) in [5.74, 6) is -1.11. The summed E-state index contributed by atoms with van der Waals surface area (Å²) in [5.41, 5.74) is 5.05. The Balaban J connectivity index is 4.15. The molecule has 0 aromatic carbocycles. The molecular weight excluding hydrogens is 160 g/mol. The molecule has 0 radical (unpaired) electrons. The molecular formula is C7H12N2O3. The topological polar surface area (TPSA) is 81.4 Å². The molecule has 0 spiro atoms. The summed E-state index contributed by atoms with van der Waals surface area (Å²) in [5, 5.41) is 2.27. The molecule has 0 aliphatic heterocycles. The molecule has 0 aliphatic carbocycles. The fourth-order valence-electron chi connectivity index (χ4n) is 0.521. The van der Waals surface area contributed by atoms with E-state index in [9.17, 15) is 9.59 Å². The Morgan fingerprint density at radius 1 is 1.58 bits per heavy atom. The van der Waals surface area contributed by atoms with Gasteiger partial charge in [-0.15, -0.1) is 0 Å². The minimum Gasteiger partial charge on any atom is -0.463 e. The van der Waals surface area contributed by atoms with Crippen molar-refractivity contribution in [1.82, 2.24) is 5.32 Å².